The van der Waals surface area contributed by atoms with Crippen molar-refractivity contribution in [2.45, 2.75) is 0 Å². The van der Waals surface area contributed by atoms with Gasteiger partial charge in [0, 0.05) is 17.7 Å². The second kappa shape index (κ2) is 7.77. The number of nitrogens with zero attached hydrogens (tertiary/aromatic N) is 2. The molecule has 1 fully saturated rings. The smallest absolute Gasteiger partial charge is 0.271 e. The van der Waals surface area contributed by atoms with Gasteiger partial charge in [-0.15, -0.1) is 0 Å². The van der Waals surface area contributed by atoms with Gasteiger partial charge in [0.2, 0.25) is 0 Å². The number of hydrogen-bond donors (Lipinski definition) is 0. The zero-order chi connectivity index (χ0) is 19.6. The third-order valence-electron chi connectivity index (χ3n) is 3.82. The molecule has 0 aliphatic carbocycles. The summed E-state index contributed by atoms with van der Waals surface area (Å²) in [5.41, 5.74) is 0.907. The van der Waals surface area contributed by atoms with Gasteiger partial charge < -0.3 is 9.47 Å². The summed E-state index contributed by atoms with van der Waals surface area (Å²) in [4.78, 5) is 25.0. The molecule has 0 unspecified atom stereocenters. The molecule has 0 radical (unpaired) electrons. The first-order valence-corrected chi connectivity index (χ1v) is 8.91. The molecule has 1 amide bonds. The number of thioether (sulfide) groups is 1. The molecule has 0 saturated carbocycles. The normalized spacial score (nSPS) is 15.3. The third kappa shape index (κ3) is 3.79. The zero-order valence-corrected chi connectivity index (χ0v) is 16.0. The van der Waals surface area contributed by atoms with Crippen LogP contribution in [0.2, 0.25) is 0 Å². The van der Waals surface area contributed by atoms with Crippen molar-refractivity contribution in [1.82, 2.24) is 0 Å². The van der Waals surface area contributed by atoms with Crippen LogP contribution in [0.15, 0.2) is 47.4 Å². The van der Waals surface area contributed by atoms with E-state index in [2.05, 4.69) is 0 Å². The van der Waals surface area contributed by atoms with Gasteiger partial charge in [0.25, 0.3) is 11.6 Å². The van der Waals surface area contributed by atoms with E-state index >= 15 is 0 Å². The quantitative estimate of drug-likeness (QED) is 0.323. The number of thiocarbonyl (C=S) groups is 1. The number of nitro benzene ring substituents is 1. The fraction of sp³-hybridized carbons (Fsp3) is 0.111. The van der Waals surface area contributed by atoms with Gasteiger partial charge in [-0.2, -0.15) is 0 Å². The van der Waals surface area contributed by atoms with Gasteiger partial charge in [0.1, 0.15) is 11.5 Å². The van der Waals surface area contributed by atoms with Crippen LogP contribution in [0.4, 0.5) is 11.4 Å². The minimum Gasteiger partial charge on any atom is -0.497 e. The van der Waals surface area contributed by atoms with E-state index in [0.717, 1.165) is 11.8 Å². The fourth-order valence-electron chi connectivity index (χ4n) is 2.53. The lowest BCUT2D eigenvalue weighted by molar-refractivity contribution is -0.384. The number of anilines is 1. The Morgan fingerprint density at radius 1 is 1.19 bits per heavy atom. The molecule has 2 aromatic carbocycles. The number of amides is 1. The van der Waals surface area contributed by atoms with Crippen LogP contribution in [0, 0.1) is 10.1 Å². The minimum atomic E-state index is -0.516. The van der Waals surface area contributed by atoms with Crippen LogP contribution in [0.5, 0.6) is 11.5 Å². The van der Waals surface area contributed by atoms with Crippen molar-refractivity contribution in [3.05, 3.63) is 63.0 Å². The van der Waals surface area contributed by atoms with Crippen LogP contribution < -0.4 is 14.4 Å². The van der Waals surface area contributed by atoms with Gasteiger partial charge in [-0.25, -0.2) is 0 Å². The van der Waals surface area contributed by atoms with E-state index in [1.54, 1.807) is 37.5 Å². The highest BCUT2D eigenvalue weighted by molar-refractivity contribution is 8.27. The molecule has 1 aliphatic heterocycles. The molecule has 0 atom stereocenters. The van der Waals surface area contributed by atoms with E-state index in [4.69, 9.17) is 21.7 Å². The maximum absolute atomic E-state index is 12.9. The molecule has 3 rings (SSSR count). The van der Waals surface area contributed by atoms with Crippen LogP contribution >= 0.6 is 24.0 Å². The summed E-state index contributed by atoms with van der Waals surface area (Å²) in [6.07, 6.45) is 1.66. The number of rotatable bonds is 5. The Balaban J connectivity index is 1.98. The first-order valence-electron chi connectivity index (χ1n) is 7.69. The first-order chi connectivity index (χ1) is 12.9. The first kappa shape index (κ1) is 18.9. The molecular formula is C18H14N2O5S2. The molecule has 1 heterocycles. The summed E-state index contributed by atoms with van der Waals surface area (Å²) >= 11 is 6.43. The van der Waals surface area contributed by atoms with Crippen molar-refractivity contribution in [3.63, 3.8) is 0 Å². The zero-order valence-electron chi connectivity index (χ0n) is 14.4. The molecule has 2 aromatic rings. The Bertz CT molecular complexity index is 974. The molecule has 0 N–H and O–H groups in total. The summed E-state index contributed by atoms with van der Waals surface area (Å²) < 4.78 is 10.8. The Morgan fingerprint density at radius 2 is 1.96 bits per heavy atom. The van der Waals surface area contributed by atoms with Gasteiger partial charge in [-0.3, -0.25) is 19.8 Å². The minimum absolute atomic E-state index is 0.111. The van der Waals surface area contributed by atoms with Crippen molar-refractivity contribution >= 4 is 51.7 Å². The molecule has 1 aliphatic rings. The average molecular weight is 402 g/mol. The highest BCUT2D eigenvalue weighted by Gasteiger charge is 2.34. The summed E-state index contributed by atoms with van der Waals surface area (Å²) in [7, 11) is 3.08. The summed E-state index contributed by atoms with van der Waals surface area (Å²) in [5.74, 6) is 0.850. The van der Waals surface area contributed by atoms with Gasteiger partial charge in [0.15, 0.2) is 4.32 Å². The van der Waals surface area contributed by atoms with Crippen LogP contribution in [0.25, 0.3) is 6.08 Å². The number of methoxy groups -OCH3 is 2. The van der Waals surface area contributed by atoms with Gasteiger partial charge in [0.05, 0.1) is 29.7 Å². The molecule has 0 aromatic heterocycles. The van der Waals surface area contributed by atoms with E-state index in [9.17, 15) is 14.9 Å². The highest BCUT2D eigenvalue weighted by atomic mass is 32.2. The van der Waals surface area contributed by atoms with Crippen molar-refractivity contribution in [1.29, 1.82) is 0 Å². The molecule has 0 spiro atoms. The number of carbonyl (C=O) groups excluding carboxylic acids is 1. The van der Waals surface area contributed by atoms with Crippen LogP contribution in [0.3, 0.4) is 0 Å². The summed E-state index contributed by atoms with van der Waals surface area (Å²) in [6.45, 7) is 0. The van der Waals surface area contributed by atoms with Gasteiger partial charge in [-0.05, 0) is 30.3 Å². The number of benzene rings is 2. The number of ether oxygens (including phenoxy) is 2. The molecule has 138 valence electrons. The molecular weight excluding hydrogens is 388 g/mol. The standard InChI is InChI=1S/C18H14N2O5S2/c1-24-14-6-7-15(25-2)11(8-14)9-16-17(21)19(18(26)27-16)12-4-3-5-13(10-12)20(22)23/h3-10H,1-2H3/b16-9-. The van der Waals surface area contributed by atoms with E-state index < -0.39 is 4.92 Å². The van der Waals surface area contributed by atoms with E-state index in [1.165, 1.54) is 30.2 Å². The van der Waals surface area contributed by atoms with Crippen molar-refractivity contribution in [2.75, 3.05) is 19.1 Å². The molecule has 1 saturated heterocycles. The van der Waals surface area contributed by atoms with Crippen LogP contribution in [-0.2, 0) is 4.79 Å². The van der Waals surface area contributed by atoms with Crippen molar-refractivity contribution in [2.24, 2.45) is 0 Å². The number of non-ortho nitro benzene ring substituents is 1. The Morgan fingerprint density at radius 3 is 2.63 bits per heavy atom. The fourth-order valence-corrected chi connectivity index (χ4v) is 3.82. The largest absolute Gasteiger partial charge is 0.497 e. The van der Waals surface area contributed by atoms with Gasteiger partial charge in [-0.1, -0.05) is 30.0 Å². The number of hydrogen-bond acceptors (Lipinski definition) is 7. The molecule has 0 bridgehead atoms. The molecule has 9 heteroatoms. The molecule has 7 nitrogen and oxygen atoms in total. The summed E-state index contributed by atoms with van der Waals surface area (Å²) in [5, 5.41) is 11.0. The van der Waals surface area contributed by atoms with E-state index in [-0.39, 0.29) is 11.6 Å². The number of carbonyl (C=O) groups is 1. The lowest BCUT2D eigenvalue weighted by Crippen LogP contribution is -2.27. The predicted molar refractivity (Wildman–Crippen MR) is 108 cm³/mol. The maximum atomic E-state index is 12.9. The van der Waals surface area contributed by atoms with Crippen LogP contribution in [-0.4, -0.2) is 29.4 Å². The lowest BCUT2D eigenvalue weighted by Gasteiger charge is -2.14. The number of nitro groups is 1. The summed E-state index contributed by atoms with van der Waals surface area (Å²) in [6, 6.07) is 11.0. The van der Waals surface area contributed by atoms with Crippen molar-refractivity contribution in [3.8, 4) is 11.5 Å². The third-order valence-corrected chi connectivity index (χ3v) is 5.12. The topological polar surface area (TPSA) is 81.9 Å². The van der Waals surface area contributed by atoms with Gasteiger partial charge >= 0.3 is 0 Å². The van der Waals surface area contributed by atoms with Crippen LogP contribution in [0.1, 0.15) is 5.56 Å². The van der Waals surface area contributed by atoms with E-state index in [1.807, 2.05) is 0 Å². The Hall–Kier alpha value is -2.91. The second-order valence-electron chi connectivity index (χ2n) is 5.40. The second-order valence-corrected chi connectivity index (χ2v) is 7.08. The van der Waals surface area contributed by atoms with E-state index in [0.29, 0.717) is 32.0 Å². The monoisotopic (exact) mass is 402 g/mol. The average Bonchev–Trinajstić information content (AvgIpc) is 2.95. The predicted octanol–water partition coefficient (Wildman–Crippen LogP) is 4.02. The van der Waals surface area contributed by atoms with Crippen molar-refractivity contribution < 1.29 is 19.2 Å². The Kier molecular flexibility index (Phi) is 5.43. The molecule has 27 heavy (non-hydrogen) atoms. The maximum Gasteiger partial charge on any atom is 0.271 e. The Labute approximate surface area is 164 Å². The lowest BCUT2D eigenvalue weighted by atomic mass is 10.1. The SMILES string of the molecule is COc1ccc(OC)c(/C=C2\SC(=S)N(c3cccc([N+](=O)[O-])c3)C2=O)c1. The highest BCUT2D eigenvalue weighted by Crippen LogP contribution is 2.38.